The van der Waals surface area contributed by atoms with Gasteiger partial charge in [-0.1, -0.05) is 26.2 Å². The summed E-state index contributed by atoms with van der Waals surface area (Å²) in [5.41, 5.74) is 0. The number of carbonyl (C=O) groups excluding carboxylic acids is 2. The van der Waals surface area contributed by atoms with Crippen molar-refractivity contribution in [3.63, 3.8) is 0 Å². The smallest absolute Gasteiger partial charge is 0.407 e. The molecule has 1 fully saturated rings. The summed E-state index contributed by atoms with van der Waals surface area (Å²) in [6.45, 7) is 4.85. The van der Waals surface area contributed by atoms with Crippen LogP contribution in [0.2, 0.25) is 0 Å². The van der Waals surface area contributed by atoms with Crippen molar-refractivity contribution in [2.75, 3.05) is 39.4 Å². The van der Waals surface area contributed by atoms with Gasteiger partial charge >= 0.3 is 12.1 Å². The summed E-state index contributed by atoms with van der Waals surface area (Å²) >= 11 is 0. The monoisotopic (exact) mass is 402 g/mol. The number of alkyl carbamates (subject to hydrolysis) is 1. The van der Waals surface area contributed by atoms with Crippen molar-refractivity contribution in [2.24, 2.45) is 0 Å². The van der Waals surface area contributed by atoms with E-state index in [9.17, 15) is 9.59 Å². The fourth-order valence-corrected chi connectivity index (χ4v) is 3.23. The predicted molar refractivity (Wildman–Crippen MR) is 106 cm³/mol. The molecule has 1 amide bonds. The highest BCUT2D eigenvalue weighted by atomic mass is 16.6. The average Bonchev–Trinajstić information content (AvgIpc) is 3.20. The molecule has 0 unspecified atom stereocenters. The molecule has 1 rings (SSSR count). The van der Waals surface area contributed by atoms with Gasteiger partial charge in [0.25, 0.3) is 0 Å². The molecule has 0 aromatic heterocycles. The molecule has 164 valence electrons. The molecular formula is C20H38N2O6. The Balaban J connectivity index is 2.34. The number of esters is 1. The second-order valence-corrected chi connectivity index (χ2v) is 7.37. The van der Waals surface area contributed by atoms with E-state index in [2.05, 4.69) is 17.1 Å². The zero-order valence-corrected chi connectivity index (χ0v) is 17.2. The number of nitrogens with zero attached hydrogens (tertiary/aromatic N) is 1. The normalized spacial score (nSPS) is 15.6. The van der Waals surface area contributed by atoms with E-state index in [4.69, 9.17) is 19.7 Å². The van der Waals surface area contributed by atoms with Crippen LogP contribution in [0.25, 0.3) is 0 Å². The zero-order valence-electron chi connectivity index (χ0n) is 17.2. The van der Waals surface area contributed by atoms with Gasteiger partial charge < -0.3 is 29.9 Å². The van der Waals surface area contributed by atoms with Gasteiger partial charge in [-0.25, -0.2) is 4.79 Å². The van der Waals surface area contributed by atoms with Crippen LogP contribution < -0.4 is 5.32 Å². The van der Waals surface area contributed by atoms with Gasteiger partial charge in [0.1, 0.15) is 12.2 Å². The van der Waals surface area contributed by atoms with Gasteiger partial charge in [-0.15, -0.1) is 0 Å². The summed E-state index contributed by atoms with van der Waals surface area (Å²) in [5, 5.41) is 20.8. The lowest BCUT2D eigenvalue weighted by Crippen LogP contribution is -2.35. The molecule has 0 radical (unpaired) electrons. The fraction of sp³-hybridized carbons (Fsp3) is 0.900. The van der Waals surface area contributed by atoms with Crippen LogP contribution in [-0.4, -0.2) is 78.8 Å². The van der Waals surface area contributed by atoms with Crippen LogP contribution in [0, 0.1) is 0 Å². The van der Waals surface area contributed by atoms with E-state index in [0.717, 1.165) is 45.3 Å². The van der Waals surface area contributed by atoms with Crippen molar-refractivity contribution in [1.29, 1.82) is 0 Å². The Bertz CT molecular complexity index is 425. The number of amides is 1. The summed E-state index contributed by atoms with van der Waals surface area (Å²) in [6.07, 6.45) is 6.14. The number of hydrogen-bond donors (Lipinski definition) is 3. The van der Waals surface area contributed by atoms with E-state index in [1.807, 2.05) is 0 Å². The lowest BCUT2D eigenvalue weighted by Gasteiger charge is -2.20. The standard InChI is InChI=1S/C20H38N2O6/c1-2-3-4-5-8-17(9-10-19(25)27-18(15-23)16-24)28-20(26)21-11-14-22-12-6-7-13-22/h17-18,23-24H,2-16H2,1H3,(H,21,26)/t17-/m1/s1. The molecule has 8 nitrogen and oxygen atoms in total. The van der Waals surface area contributed by atoms with Crippen molar-refractivity contribution in [3.8, 4) is 0 Å². The molecule has 3 N–H and O–H groups in total. The van der Waals surface area contributed by atoms with Crippen molar-refractivity contribution < 1.29 is 29.3 Å². The van der Waals surface area contributed by atoms with E-state index in [-0.39, 0.29) is 12.5 Å². The van der Waals surface area contributed by atoms with Crippen molar-refractivity contribution in [1.82, 2.24) is 10.2 Å². The van der Waals surface area contributed by atoms with Crippen LogP contribution in [0.5, 0.6) is 0 Å². The number of aliphatic hydroxyl groups excluding tert-OH is 2. The average molecular weight is 403 g/mol. The van der Waals surface area contributed by atoms with Gasteiger partial charge in [0.05, 0.1) is 13.2 Å². The molecule has 1 aliphatic rings. The first kappa shape index (κ1) is 24.7. The molecule has 0 bridgehead atoms. The highest BCUT2D eigenvalue weighted by molar-refractivity contribution is 5.70. The first-order chi connectivity index (χ1) is 13.6. The number of hydrogen-bond acceptors (Lipinski definition) is 7. The molecule has 0 aromatic carbocycles. The summed E-state index contributed by atoms with van der Waals surface area (Å²) < 4.78 is 10.5. The molecular weight excluding hydrogens is 364 g/mol. The van der Waals surface area contributed by atoms with E-state index >= 15 is 0 Å². The van der Waals surface area contributed by atoms with Crippen molar-refractivity contribution >= 4 is 12.1 Å². The summed E-state index contributed by atoms with van der Waals surface area (Å²) in [7, 11) is 0. The number of likely N-dealkylation sites (tertiary alicyclic amines) is 1. The second-order valence-electron chi connectivity index (χ2n) is 7.37. The molecule has 0 aromatic rings. The molecule has 8 heteroatoms. The van der Waals surface area contributed by atoms with Crippen LogP contribution in [0.3, 0.4) is 0 Å². The SMILES string of the molecule is CCCCCC[C@H](CCC(=O)OC(CO)CO)OC(=O)NCCN1CCCC1. The Morgan fingerprint density at radius 2 is 1.71 bits per heavy atom. The Labute approximate surface area is 168 Å². The van der Waals surface area contributed by atoms with E-state index in [0.29, 0.717) is 19.4 Å². The third kappa shape index (κ3) is 11.5. The maximum Gasteiger partial charge on any atom is 0.407 e. The lowest BCUT2D eigenvalue weighted by molar-refractivity contribution is -0.154. The van der Waals surface area contributed by atoms with Gasteiger partial charge in [0.2, 0.25) is 0 Å². The van der Waals surface area contributed by atoms with Crippen LogP contribution in [-0.2, 0) is 14.3 Å². The minimum absolute atomic E-state index is 0.0794. The molecule has 1 saturated heterocycles. The van der Waals surface area contributed by atoms with Crippen LogP contribution in [0.15, 0.2) is 0 Å². The molecule has 0 aliphatic carbocycles. The van der Waals surface area contributed by atoms with Crippen LogP contribution in [0.1, 0.15) is 64.7 Å². The molecule has 0 spiro atoms. The van der Waals surface area contributed by atoms with E-state index in [1.54, 1.807) is 0 Å². The second kappa shape index (κ2) is 15.5. The third-order valence-corrected chi connectivity index (χ3v) is 4.93. The summed E-state index contributed by atoms with van der Waals surface area (Å²) in [6, 6.07) is 0. The van der Waals surface area contributed by atoms with Gasteiger partial charge in [0.15, 0.2) is 0 Å². The minimum atomic E-state index is -0.898. The molecule has 28 heavy (non-hydrogen) atoms. The van der Waals surface area contributed by atoms with Gasteiger partial charge in [-0.2, -0.15) is 0 Å². The van der Waals surface area contributed by atoms with Crippen LogP contribution >= 0.6 is 0 Å². The van der Waals surface area contributed by atoms with Crippen molar-refractivity contribution in [2.45, 2.75) is 76.9 Å². The van der Waals surface area contributed by atoms with Gasteiger partial charge in [-0.3, -0.25) is 4.79 Å². The first-order valence-electron chi connectivity index (χ1n) is 10.7. The summed E-state index contributed by atoms with van der Waals surface area (Å²) in [4.78, 5) is 26.3. The highest BCUT2D eigenvalue weighted by Crippen LogP contribution is 2.14. The first-order valence-corrected chi connectivity index (χ1v) is 10.7. The summed E-state index contributed by atoms with van der Waals surface area (Å²) in [5.74, 6) is -0.510. The fourth-order valence-electron chi connectivity index (χ4n) is 3.23. The number of nitrogens with one attached hydrogen (secondary N) is 1. The minimum Gasteiger partial charge on any atom is -0.457 e. The van der Waals surface area contributed by atoms with Crippen LogP contribution in [0.4, 0.5) is 4.79 Å². The Morgan fingerprint density at radius 3 is 2.36 bits per heavy atom. The lowest BCUT2D eigenvalue weighted by atomic mass is 10.1. The topological polar surface area (TPSA) is 108 Å². The molecule has 1 atom stereocenters. The highest BCUT2D eigenvalue weighted by Gasteiger charge is 2.19. The quantitative estimate of drug-likeness (QED) is 0.283. The maximum absolute atomic E-state index is 12.1. The van der Waals surface area contributed by atoms with Crippen molar-refractivity contribution in [3.05, 3.63) is 0 Å². The van der Waals surface area contributed by atoms with E-state index in [1.165, 1.54) is 12.8 Å². The predicted octanol–water partition coefficient (Wildman–Crippen LogP) is 1.82. The largest absolute Gasteiger partial charge is 0.457 e. The number of aliphatic hydroxyl groups is 2. The molecule has 1 aliphatic heterocycles. The van der Waals surface area contributed by atoms with E-state index < -0.39 is 31.4 Å². The van der Waals surface area contributed by atoms with Gasteiger partial charge in [0, 0.05) is 19.5 Å². The number of ether oxygens (including phenoxy) is 2. The Morgan fingerprint density at radius 1 is 1.00 bits per heavy atom. The Kier molecular flexibility index (Phi) is 13.7. The molecule has 1 heterocycles. The third-order valence-electron chi connectivity index (χ3n) is 4.93. The van der Waals surface area contributed by atoms with Gasteiger partial charge in [-0.05, 0) is 45.2 Å². The number of carbonyl (C=O) groups is 2. The zero-order chi connectivity index (χ0) is 20.6. The Hall–Kier alpha value is -1.38. The number of unbranched alkanes of at least 4 members (excludes halogenated alkanes) is 3. The number of rotatable bonds is 15. The molecule has 0 saturated carbocycles. The maximum atomic E-state index is 12.1.